The minimum Gasteiger partial charge on any atom is -0.493 e. The number of amides is 1. The summed E-state index contributed by atoms with van der Waals surface area (Å²) in [5.41, 5.74) is 8.89. The molecule has 2 aromatic carbocycles. The van der Waals surface area contributed by atoms with E-state index in [1.807, 2.05) is 36.4 Å². The standard InChI is InChI=1S/C22H29N2O5P/c1-2-20-19(14-22(23)25)18-13-17(29-11-6-12-30(26,27)28)9-10-21(18)24(20)15-16-7-4-3-5-8-16/h3-5,7-10,13,19-20,26-28H,2,6,11-12,14-15H2,1H3,(H-,23,25)/p+1. The van der Waals surface area contributed by atoms with Gasteiger partial charge in [-0.3, -0.25) is 4.79 Å². The molecule has 1 aliphatic heterocycles. The predicted molar refractivity (Wildman–Crippen MR) is 118 cm³/mol. The zero-order valence-corrected chi connectivity index (χ0v) is 18.0. The molecule has 0 saturated carbocycles. The van der Waals surface area contributed by atoms with Crippen LogP contribution in [0, 0.1) is 0 Å². The summed E-state index contributed by atoms with van der Waals surface area (Å²) in [6.07, 6.45) is 1.39. The Morgan fingerprint density at radius 1 is 1.17 bits per heavy atom. The maximum Gasteiger partial charge on any atom is 0.403 e. The first-order valence-corrected chi connectivity index (χ1v) is 12.0. The van der Waals surface area contributed by atoms with Crippen molar-refractivity contribution < 1.29 is 24.2 Å². The fourth-order valence-electron chi connectivity index (χ4n) is 4.20. The van der Waals surface area contributed by atoms with Gasteiger partial charge >= 0.3 is 7.94 Å². The Morgan fingerprint density at radius 3 is 2.53 bits per heavy atom. The second-order valence-electron chi connectivity index (χ2n) is 7.70. The van der Waals surface area contributed by atoms with Crippen molar-refractivity contribution in [2.24, 2.45) is 5.73 Å². The first-order valence-electron chi connectivity index (χ1n) is 10.2. The Labute approximate surface area is 177 Å². The molecule has 0 spiro atoms. The van der Waals surface area contributed by atoms with Crippen molar-refractivity contribution in [1.82, 2.24) is 0 Å². The number of hydrogen-bond acceptors (Lipinski definition) is 6. The van der Waals surface area contributed by atoms with Gasteiger partial charge in [0.25, 0.3) is 0 Å². The number of nitrogens with two attached hydrogens (primary N) is 1. The number of carbonyl (C=O) groups excluding carboxylic acids is 1. The summed E-state index contributed by atoms with van der Waals surface area (Å²) in [5.74, 6) is 0.310. The highest BCUT2D eigenvalue weighted by molar-refractivity contribution is 7.58. The molecule has 0 aromatic heterocycles. The molecule has 8 heteroatoms. The van der Waals surface area contributed by atoms with Crippen molar-refractivity contribution >= 4 is 19.5 Å². The lowest BCUT2D eigenvalue weighted by Gasteiger charge is -2.29. The van der Waals surface area contributed by atoms with Crippen LogP contribution in [0.5, 0.6) is 5.75 Å². The average Bonchev–Trinajstić information content (AvgIpc) is 2.97. The van der Waals surface area contributed by atoms with Crippen LogP contribution >= 0.6 is 7.94 Å². The molecule has 0 aliphatic carbocycles. The van der Waals surface area contributed by atoms with E-state index in [1.165, 1.54) is 5.56 Å². The van der Waals surface area contributed by atoms with Crippen molar-refractivity contribution in [3.8, 4) is 5.75 Å². The number of nitrogens with zero attached hydrogens (tertiary/aromatic N) is 1. The van der Waals surface area contributed by atoms with Gasteiger partial charge in [-0.25, -0.2) is 0 Å². The van der Waals surface area contributed by atoms with E-state index in [1.54, 1.807) is 0 Å². The molecule has 0 saturated heterocycles. The number of benzene rings is 2. The Balaban J connectivity index is 1.82. The van der Waals surface area contributed by atoms with E-state index in [9.17, 15) is 4.79 Å². The summed E-state index contributed by atoms with van der Waals surface area (Å²) in [4.78, 5) is 41.4. The highest BCUT2D eigenvalue weighted by atomic mass is 31.2. The Bertz CT molecular complexity index is 856. The summed E-state index contributed by atoms with van der Waals surface area (Å²) in [7, 11) is -3.77. The highest BCUT2D eigenvalue weighted by Gasteiger charge is 2.38. The molecule has 1 aliphatic rings. The van der Waals surface area contributed by atoms with E-state index in [4.69, 9.17) is 25.2 Å². The Morgan fingerprint density at radius 2 is 1.90 bits per heavy atom. The third-order valence-electron chi connectivity index (χ3n) is 5.48. The maximum atomic E-state index is 11.8. The average molecular weight is 433 g/mol. The van der Waals surface area contributed by atoms with Gasteiger partial charge in [-0.1, -0.05) is 37.3 Å². The van der Waals surface area contributed by atoms with Crippen molar-refractivity contribution in [3.05, 3.63) is 59.7 Å². The van der Waals surface area contributed by atoms with E-state index < -0.39 is 7.94 Å². The fraction of sp³-hybridized carbons (Fsp3) is 0.409. The molecule has 1 heterocycles. The van der Waals surface area contributed by atoms with Gasteiger partial charge in [-0.05, 0) is 35.7 Å². The van der Waals surface area contributed by atoms with E-state index in [0.29, 0.717) is 12.2 Å². The van der Waals surface area contributed by atoms with E-state index in [-0.39, 0.29) is 37.1 Å². The Kier molecular flexibility index (Phi) is 7.32. The number of carbonyl (C=O) groups is 1. The highest BCUT2D eigenvalue weighted by Crippen LogP contribution is 2.47. The molecule has 30 heavy (non-hydrogen) atoms. The van der Waals surface area contributed by atoms with Gasteiger partial charge in [-0.2, -0.15) is 14.7 Å². The quantitative estimate of drug-likeness (QED) is 0.338. The molecule has 5 N–H and O–H groups in total. The van der Waals surface area contributed by atoms with E-state index >= 15 is 0 Å². The molecule has 162 valence electrons. The van der Waals surface area contributed by atoms with E-state index in [2.05, 4.69) is 24.0 Å². The van der Waals surface area contributed by atoms with Gasteiger partial charge in [-0.15, -0.1) is 0 Å². The topological polar surface area (TPSA) is 116 Å². The molecule has 2 atom stereocenters. The van der Waals surface area contributed by atoms with Gasteiger partial charge in [0.2, 0.25) is 5.91 Å². The normalized spacial score (nSPS) is 18.3. The summed E-state index contributed by atoms with van der Waals surface area (Å²) in [6.45, 7) is 3.12. The molecular formula is C22H30N2O5P+. The number of anilines is 1. The minimum absolute atomic E-state index is 0.0133. The van der Waals surface area contributed by atoms with Gasteiger partial charge in [0, 0.05) is 37.0 Å². The molecule has 0 bridgehead atoms. The molecule has 3 rings (SSSR count). The molecule has 0 radical (unpaired) electrons. The van der Waals surface area contributed by atoms with Crippen LogP contribution in [0.3, 0.4) is 0 Å². The van der Waals surface area contributed by atoms with Crippen LogP contribution in [0.2, 0.25) is 0 Å². The van der Waals surface area contributed by atoms with Gasteiger partial charge < -0.3 is 15.4 Å². The molecular weight excluding hydrogens is 403 g/mol. The van der Waals surface area contributed by atoms with Crippen LogP contribution in [-0.4, -0.2) is 39.4 Å². The summed E-state index contributed by atoms with van der Waals surface area (Å²) < 4.78 is 5.75. The fourth-order valence-corrected chi connectivity index (χ4v) is 4.75. The van der Waals surface area contributed by atoms with Crippen molar-refractivity contribution in [1.29, 1.82) is 0 Å². The number of hydrogen-bond donors (Lipinski definition) is 4. The second kappa shape index (κ2) is 9.75. The van der Waals surface area contributed by atoms with Crippen LogP contribution in [0.15, 0.2) is 48.5 Å². The van der Waals surface area contributed by atoms with Crippen LogP contribution in [0.4, 0.5) is 5.69 Å². The molecule has 1 amide bonds. The lowest BCUT2D eigenvalue weighted by Crippen LogP contribution is -2.34. The monoisotopic (exact) mass is 433 g/mol. The largest absolute Gasteiger partial charge is 0.493 e. The smallest absolute Gasteiger partial charge is 0.403 e. The van der Waals surface area contributed by atoms with Crippen LogP contribution < -0.4 is 15.4 Å². The molecule has 7 nitrogen and oxygen atoms in total. The molecule has 2 unspecified atom stereocenters. The SMILES string of the molecule is CCC1C(CC(N)=O)c2cc(OCCC[P+](O)(O)O)ccc2N1Cc1ccccc1. The molecule has 2 aromatic rings. The minimum atomic E-state index is -3.77. The third kappa shape index (κ3) is 5.70. The summed E-state index contributed by atoms with van der Waals surface area (Å²) in [6, 6.07) is 16.2. The van der Waals surface area contributed by atoms with Crippen LogP contribution in [-0.2, 0) is 11.3 Å². The summed E-state index contributed by atoms with van der Waals surface area (Å²) >= 11 is 0. The zero-order chi connectivity index (χ0) is 21.7. The number of rotatable bonds is 10. The summed E-state index contributed by atoms with van der Waals surface area (Å²) in [5, 5.41) is 0. The molecule has 0 fully saturated rings. The van der Waals surface area contributed by atoms with Gasteiger partial charge in [0.1, 0.15) is 11.9 Å². The first kappa shape index (κ1) is 22.5. The van der Waals surface area contributed by atoms with Gasteiger partial charge in [0.05, 0.1) is 6.61 Å². The van der Waals surface area contributed by atoms with Crippen molar-refractivity contribution in [2.75, 3.05) is 17.7 Å². The third-order valence-corrected chi connectivity index (χ3v) is 6.40. The van der Waals surface area contributed by atoms with Crippen molar-refractivity contribution in [2.45, 2.75) is 44.7 Å². The lowest BCUT2D eigenvalue weighted by molar-refractivity contribution is -0.118. The van der Waals surface area contributed by atoms with Gasteiger partial charge in [0.15, 0.2) is 0 Å². The predicted octanol–water partition coefficient (Wildman–Crippen LogP) is 2.95. The zero-order valence-electron chi connectivity index (χ0n) is 17.1. The maximum absolute atomic E-state index is 11.8. The second-order valence-corrected chi connectivity index (χ2v) is 9.54. The number of ether oxygens (including phenoxy) is 1. The number of primary amides is 1. The number of fused-ring (bicyclic) bond motifs is 1. The Hall–Kier alpha value is -2.18. The first-order chi connectivity index (χ1) is 14.3. The van der Waals surface area contributed by atoms with E-state index in [0.717, 1.165) is 24.2 Å². The van der Waals surface area contributed by atoms with Crippen molar-refractivity contribution in [3.63, 3.8) is 0 Å². The lowest BCUT2D eigenvalue weighted by atomic mass is 9.90. The van der Waals surface area contributed by atoms with Crippen LogP contribution in [0.25, 0.3) is 0 Å². The van der Waals surface area contributed by atoms with Crippen LogP contribution in [0.1, 0.15) is 43.2 Å².